The van der Waals surface area contributed by atoms with Crippen molar-refractivity contribution in [2.45, 2.75) is 11.8 Å². The van der Waals surface area contributed by atoms with Crippen molar-refractivity contribution in [3.05, 3.63) is 60.3 Å². The second-order valence-corrected chi connectivity index (χ2v) is 6.85. The molecule has 0 spiro atoms. The Morgan fingerprint density at radius 3 is 2.58 bits per heavy atom. The molecule has 0 unspecified atom stereocenters. The van der Waals surface area contributed by atoms with Crippen LogP contribution in [-0.2, 0) is 10.0 Å². The van der Waals surface area contributed by atoms with Crippen molar-refractivity contribution >= 4 is 15.9 Å². The molecule has 124 valence electrons. The molecule has 0 radical (unpaired) electrons. The molecular weight excluding hydrogens is 328 g/mol. The van der Waals surface area contributed by atoms with Gasteiger partial charge in [0.2, 0.25) is 5.88 Å². The van der Waals surface area contributed by atoms with Gasteiger partial charge in [0.15, 0.2) is 0 Å². The van der Waals surface area contributed by atoms with E-state index in [1.54, 1.807) is 18.2 Å². The second kappa shape index (κ2) is 6.37. The topological polar surface area (TPSA) is 81.4 Å². The third-order valence-electron chi connectivity index (χ3n) is 3.49. The molecule has 1 aromatic heterocycles. The lowest BCUT2D eigenvalue weighted by Gasteiger charge is -2.11. The quantitative estimate of drug-likeness (QED) is 0.766. The molecule has 0 aliphatic carbocycles. The average molecular weight is 344 g/mol. The van der Waals surface area contributed by atoms with E-state index in [0.29, 0.717) is 5.56 Å². The Balaban J connectivity index is 2.01. The molecule has 0 aliphatic rings. The molecule has 0 atom stereocenters. The van der Waals surface area contributed by atoms with Crippen LogP contribution in [0.2, 0.25) is 0 Å². The van der Waals surface area contributed by atoms with Crippen LogP contribution in [0.3, 0.4) is 0 Å². The number of nitrogens with one attached hydrogen (secondary N) is 1. The first kappa shape index (κ1) is 16.1. The molecule has 7 heteroatoms. The number of rotatable bonds is 5. The van der Waals surface area contributed by atoms with E-state index < -0.39 is 10.0 Å². The first-order valence-corrected chi connectivity index (χ1v) is 8.67. The maximum atomic E-state index is 12.7. The highest BCUT2D eigenvalue weighted by molar-refractivity contribution is 7.92. The summed E-state index contributed by atoms with van der Waals surface area (Å²) in [6.45, 7) is 1.81. The number of nitrogens with zero attached hydrogens (tertiary/aromatic N) is 1. The van der Waals surface area contributed by atoms with E-state index in [1.807, 2.05) is 37.3 Å². The number of anilines is 1. The van der Waals surface area contributed by atoms with Gasteiger partial charge >= 0.3 is 0 Å². The first-order valence-electron chi connectivity index (χ1n) is 7.19. The van der Waals surface area contributed by atoms with Crippen LogP contribution in [0.25, 0.3) is 11.1 Å². The predicted octanol–water partition coefficient (Wildman–Crippen LogP) is 3.46. The summed E-state index contributed by atoms with van der Waals surface area (Å²) in [6, 6.07) is 14.2. The fourth-order valence-electron chi connectivity index (χ4n) is 2.31. The van der Waals surface area contributed by atoms with Gasteiger partial charge in [-0.1, -0.05) is 41.6 Å². The van der Waals surface area contributed by atoms with Crippen molar-refractivity contribution in [1.82, 2.24) is 5.16 Å². The SMILES string of the molecule is COc1ccc(C)cc1S(=O)(=O)Nc1oncc1-c1ccccc1. The number of sulfonamides is 1. The molecule has 6 nitrogen and oxygen atoms in total. The molecular formula is C17H16N2O4S. The van der Waals surface area contributed by atoms with Gasteiger partial charge in [-0.3, -0.25) is 0 Å². The van der Waals surface area contributed by atoms with Gasteiger partial charge < -0.3 is 9.26 Å². The molecule has 0 bridgehead atoms. The minimum Gasteiger partial charge on any atom is -0.495 e. The Bertz CT molecular complexity index is 950. The van der Waals surface area contributed by atoms with Crippen LogP contribution in [0.15, 0.2) is 64.1 Å². The van der Waals surface area contributed by atoms with Gasteiger partial charge in [0.25, 0.3) is 10.0 Å². The normalized spacial score (nSPS) is 11.2. The molecule has 2 aromatic carbocycles. The lowest BCUT2D eigenvalue weighted by atomic mass is 10.1. The Labute approximate surface area is 140 Å². The predicted molar refractivity (Wildman–Crippen MR) is 90.5 cm³/mol. The van der Waals surface area contributed by atoms with E-state index in [1.165, 1.54) is 13.3 Å². The average Bonchev–Trinajstić information content (AvgIpc) is 3.03. The van der Waals surface area contributed by atoms with Gasteiger partial charge in [0.1, 0.15) is 10.6 Å². The van der Waals surface area contributed by atoms with Gasteiger partial charge in [-0.25, -0.2) is 13.1 Å². The number of methoxy groups -OCH3 is 1. The molecule has 0 amide bonds. The van der Waals surface area contributed by atoms with Crippen molar-refractivity contribution in [2.75, 3.05) is 11.8 Å². The van der Waals surface area contributed by atoms with Crippen molar-refractivity contribution in [1.29, 1.82) is 0 Å². The summed E-state index contributed by atoms with van der Waals surface area (Å²) in [4.78, 5) is 0.0420. The number of aryl methyl sites for hydroxylation is 1. The number of ether oxygens (including phenoxy) is 1. The maximum absolute atomic E-state index is 12.7. The molecule has 0 fully saturated rings. The lowest BCUT2D eigenvalue weighted by Crippen LogP contribution is -2.14. The Hall–Kier alpha value is -2.80. The van der Waals surface area contributed by atoms with Crippen molar-refractivity contribution < 1.29 is 17.7 Å². The minimum atomic E-state index is -3.89. The van der Waals surface area contributed by atoms with Crippen molar-refractivity contribution in [3.63, 3.8) is 0 Å². The van der Waals surface area contributed by atoms with Gasteiger partial charge in [-0.15, -0.1) is 0 Å². The van der Waals surface area contributed by atoms with E-state index in [9.17, 15) is 8.42 Å². The molecule has 0 aliphatic heterocycles. The van der Waals surface area contributed by atoms with Crippen molar-refractivity contribution in [3.8, 4) is 16.9 Å². The fraction of sp³-hybridized carbons (Fsp3) is 0.118. The number of hydrogen-bond acceptors (Lipinski definition) is 5. The molecule has 1 N–H and O–H groups in total. The van der Waals surface area contributed by atoms with Crippen molar-refractivity contribution in [2.24, 2.45) is 0 Å². The van der Waals surface area contributed by atoms with Gasteiger partial charge in [0.05, 0.1) is 18.9 Å². The van der Waals surface area contributed by atoms with Gasteiger partial charge in [-0.2, -0.15) is 0 Å². The maximum Gasteiger partial charge on any atom is 0.267 e. The van der Waals surface area contributed by atoms with Crippen LogP contribution >= 0.6 is 0 Å². The number of hydrogen-bond donors (Lipinski definition) is 1. The van der Waals surface area contributed by atoms with Crippen LogP contribution in [0, 0.1) is 6.92 Å². The summed E-state index contributed by atoms with van der Waals surface area (Å²) in [5, 5.41) is 3.70. The van der Waals surface area contributed by atoms with Crippen LogP contribution in [0.4, 0.5) is 5.88 Å². The Morgan fingerprint density at radius 1 is 1.12 bits per heavy atom. The molecule has 3 aromatic rings. The summed E-state index contributed by atoms with van der Waals surface area (Å²) in [5.74, 6) is 0.318. The second-order valence-electron chi connectivity index (χ2n) is 5.19. The van der Waals surface area contributed by atoms with Gasteiger partial charge in [0, 0.05) is 0 Å². The zero-order valence-electron chi connectivity index (χ0n) is 13.2. The molecule has 24 heavy (non-hydrogen) atoms. The number of aromatic nitrogens is 1. The molecule has 3 rings (SSSR count). The highest BCUT2D eigenvalue weighted by Crippen LogP contribution is 2.31. The highest BCUT2D eigenvalue weighted by Gasteiger charge is 2.23. The molecule has 1 heterocycles. The number of benzene rings is 2. The van der Waals surface area contributed by atoms with E-state index in [-0.39, 0.29) is 16.5 Å². The smallest absolute Gasteiger partial charge is 0.267 e. The largest absolute Gasteiger partial charge is 0.495 e. The first-order chi connectivity index (χ1) is 11.5. The fourth-order valence-corrected chi connectivity index (χ4v) is 3.57. The van der Waals surface area contributed by atoms with E-state index in [0.717, 1.165) is 11.1 Å². The minimum absolute atomic E-state index is 0.0420. The zero-order chi connectivity index (χ0) is 17.2. The Morgan fingerprint density at radius 2 is 1.88 bits per heavy atom. The van der Waals surface area contributed by atoms with Crippen LogP contribution in [0.1, 0.15) is 5.56 Å². The van der Waals surface area contributed by atoms with Crippen LogP contribution in [-0.4, -0.2) is 20.7 Å². The lowest BCUT2D eigenvalue weighted by molar-refractivity contribution is 0.402. The molecule has 0 saturated heterocycles. The third kappa shape index (κ3) is 3.11. The zero-order valence-corrected chi connectivity index (χ0v) is 14.0. The standard InChI is InChI=1S/C17H16N2O4S/c1-12-8-9-15(22-2)16(10-12)24(20,21)19-17-14(11-18-23-17)13-6-4-3-5-7-13/h3-11,19H,1-2H3. The monoisotopic (exact) mass is 344 g/mol. The highest BCUT2D eigenvalue weighted by atomic mass is 32.2. The van der Waals surface area contributed by atoms with E-state index >= 15 is 0 Å². The molecule has 0 saturated carbocycles. The van der Waals surface area contributed by atoms with Gasteiger partial charge in [-0.05, 0) is 30.2 Å². The summed E-state index contributed by atoms with van der Waals surface area (Å²) in [6.07, 6.45) is 1.47. The van der Waals surface area contributed by atoms with Crippen LogP contribution in [0.5, 0.6) is 5.75 Å². The van der Waals surface area contributed by atoms with E-state index in [4.69, 9.17) is 9.26 Å². The third-order valence-corrected chi connectivity index (χ3v) is 4.84. The van der Waals surface area contributed by atoms with Crippen LogP contribution < -0.4 is 9.46 Å². The summed E-state index contributed by atoms with van der Waals surface area (Å²) < 4.78 is 38.2. The Kier molecular flexibility index (Phi) is 4.26. The van der Waals surface area contributed by atoms with E-state index in [2.05, 4.69) is 9.88 Å². The summed E-state index contributed by atoms with van der Waals surface area (Å²) >= 11 is 0. The summed E-state index contributed by atoms with van der Waals surface area (Å²) in [7, 11) is -2.46. The summed E-state index contributed by atoms with van der Waals surface area (Å²) in [5.41, 5.74) is 2.16.